The number of para-hydroxylation sites is 1. The molecule has 5 rings (SSSR count). The van der Waals surface area contributed by atoms with Crippen molar-refractivity contribution >= 4 is 29.3 Å². The van der Waals surface area contributed by atoms with Gasteiger partial charge < -0.3 is 40.5 Å². The quantitative estimate of drug-likeness (QED) is 0.0932. The average Bonchev–Trinajstić information content (AvgIpc) is 4.02. The van der Waals surface area contributed by atoms with E-state index in [-0.39, 0.29) is 5.54 Å². The number of thioether (sulfide) groups is 1. The fourth-order valence-corrected chi connectivity index (χ4v) is 6.45. The van der Waals surface area contributed by atoms with Gasteiger partial charge in [0.25, 0.3) is 5.91 Å². The minimum Gasteiger partial charge on any atom is -0.490 e. The second kappa shape index (κ2) is 15.4. The Morgan fingerprint density at radius 3 is 2.59 bits per heavy atom. The van der Waals surface area contributed by atoms with Crippen molar-refractivity contribution < 1.29 is 35.1 Å². The first-order valence-electron chi connectivity index (χ1n) is 15.6. The number of pyridine rings is 1. The molecule has 248 valence electrons. The van der Waals surface area contributed by atoms with Crippen molar-refractivity contribution in [1.29, 1.82) is 0 Å². The van der Waals surface area contributed by atoms with Crippen molar-refractivity contribution in [3.8, 4) is 16.9 Å². The number of hydrogen-bond donors (Lipinski definition) is 6. The van der Waals surface area contributed by atoms with Gasteiger partial charge >= 0.3 is 0 Å². The summed E-state index contributed by atoms with van der Waals surface area (Å²) in [6.45, 7) is 0.0727. The largest absolute Gasteiger partial charge is 0.490 e. The van der Waals surface area contributed by atoms with E-state index in [0.717, 1.165) is 58.6 Å². The van der Waals surface area contributed by atoms with Gasteiger partial charge in [-0.2, -0.15) is 0 Å². The zero-order valence-corrected chi connectivity index (χ0v) is 27.3. The van der Waals surface area contributed by atoms with Crippen molar-refractivity contribution in [2.24, 2.45) is 0 Å². The number of aliphatic hydroxyl groups is 5. The zero-order valence-electron chi connectivity index (χ0n) is 25.8. The molecule has 1 heterocycles. The van der Waals surface area contributed by atoms with Gasteiger partial charge in [0, 0.05) is 53.6 Å². The SMILES string of the molecule is CN(CCCSc1ccc(Cl)c(CNC2(c3cnccc3-c3ccccc3OC3CC3)CC2)c1)C(=O)C(O)C(O)C(O)C(O)CO. The van der Waals surface area contributed by atoms with Crippen LogP contribution in [0.3, 0.4) is 0 Å². The van der Waals surface area contributed by atoms with E-state index in [2.05, 4.69) is 28.5 Å². The number of nitrogens with zero attached hydrogens (tertiary/aromatic N) is 2. The fourth-order valence-electron chi connectivity index (χ4n) is 5.37. The number of hydrogen-bond acceptors (Lipinski definition) is 10. The molecule has 1 amide bonds. The normalized spacial score (nSPS) is 18.0. The average molecular weight is 672 g/mol. The number of aromatic nitrogens is 1. The zero-order chi connectivity index (χ0) is 32.8. The van der Waals surface area contributed by atoms with Crippen LogP contribution in [-0.2, 0) is 16.9 Å². The molecule has 0 spiro atoms. The molecule has 0 saturated heterocycles. The molecule has 2 aromatic carbocycles. The number of benzene rings is 2. The fraction of sp³-hybridized carbons (Fsp3) is 0.471. The molecule has 2 aliphatic carbocycles. The highest BCUT2D eigenvalue weighted by molar-refractivity contribution is 7.99. The molecule has 46 heavy (non-hydrogen) atoms. The molecule has 0 bridgehead atoms. The molecule has 3 aromatic rings. The lowest BCUT2D eigenvalue weighted by atomic mass is 9.94. The number of ether oxygens (including phenoxy) is 1. The van der Waals surface area contributed by atoms with Crippen LogP contribution >= 0.6 is 23.4 Å². The Balaban J connectivity index is 1.16. The van der Waals surface area contributed by atoms with Gasteiger partial charge in [-0.3, -0.25) is 9.78 Å². The smallest absolute Gasteiger partial charge is 0.253 e. The number of likely N-dealkylation sites (N-methyl/N-ethyl adjacent to an activating group) is 1. The highest BCUT2D eigenvalue weighted by Gasteiger charge is 2.46. The van der Waals surface area contributed by atoms with Crippen LogP contribution in [0.4, 0.5) is 0 Å². The van der Waals surface area contributed by atoms with E-state index in [1.54, 1.807) is 11.8 Å². The van der Waals surface area contributed by atoms with Crippen LogP contribution in [0.5, 0.6) is 5.75 Å². The molecular weight excluding hydrogens is 630 g/mol. The Kier molecular flexibility index (Phi) is 11.6. The number of aliphatic hydroxyl groups excluding tert-OH is 5. The molecule has 2 fully saturated rings. The van der Waals surface area contributed by atoms with E-state index in [9.17, 15) is 25.2 Å². The molecule has 0 aliphatic heterocycles. The first-order valence-corrected chi connectivity index (χ1v) is 16.9. The third-order valence-electron chi connectivity index (χ3n) is 8.51. The van der Waals surface area contributed by atoms with Crippen LogP contribution < -0.4 is 10.1 Å². The summed E-state index contributed by atoms with van der Waals surface area (Å²) in [7, 11) is 1.49. The molecule has 1 aromatic heterocycles. The molecule has 4 atom stereocenters. The minimum absolute atomic E-state index is 0.204. The number of carbonyl (C=O) groups is 1. The number of carbonyl (C=O) groups excluding carboxylic acids is 1. The predicted octanol–water partition coefficient (Wildman–Crippen LogP) is 3.10. The standard InChI is InChI=1S/C34H42ClN3O7S/c1-38(33(44)32(43)31(42)30(41)28(40)20-39)15-4-16-46-23-9-10-27(35)21(17-23)18-37-34(12-13-34)26-19-36-14-11-24(26)25-5-2-3-6-29(25)45-22-7-8-22/h2-3,5-6,9-11,14,17,19,22,28,30-32,37,39-43H,4,7-8,12-13,15-16,18,20H2,1H3. The summed E-state index contributed by atoms with van der Waals surface area (Å²) in [5, 5.41) is 52.8. The van der Waals surface area contributed by atoms with Gasteiger partial charge in [-0.05, 0) is 84.9 Å². The van der Waals surface area contributed by atoms with E-state index in [1.165, 1.54) is 11.9 Å². The van der Waals surface area contributed by atoms with Crippen molar-refractivity contribution in [3.05, 3.63) is 77.1 Å². The van der Waals surface area contributed by atoms with Crippen LogP contribution in [0.25, 0.3) is 11.1 Å². The lowest BCUT2D eigenvalue weighted by Gasteiger charge is -2.28. The summed E-state index contributed by atoms with van der Waals surface area (Å²) < 4.78 is 6.24. The summed E-state index contributed by atoms with van der Waals surface area (Å²) in [5.41, 5.74) is 4.13. The van der Waals surface area contributed by atoms with Crippen LogP contribution in [-0.4, -0.2) is 97.8 Å². The van der Waals surface area contributed by atoms with Gasteiger partial charge in [0.1, 0.15) is 24.1 Å². The molecule has 0 radical (unpaired) electrons. The van der Waals surface area contributed by atoms with E-state index >= 15 is 0 Å². The van der Waals surface area contributed by atoms with Gasteiger partial charge in [0.05, 0.1) is 12.7 Å². The second-order valence-corrected chi connectivity index (χ2v) is 13.6. The third-order valence-corrected chi connectivity index (χ3v) is 9.96. The van der Waals surface area contributed by atoms with Gasteiger partial charge in [0.15, 0.2) is 6.10 Å². The maximum absolute atomic E-state index is 12.5. The molecule has 10 nitrogen and oxygen atoms in total. The first-order chi connectivity index (χ1) is 22.1. The number of halogens is 1. The van der Waals surface area contributed by atoms with Crippen molar-refractivity contribution in [1.82, 2.24) is 15.2 Å². The first kappa shape index (κ1) is 34.6. The van der Waals surface area contributed by atoms with Crippen LogP contribution in [0.15, 0.2) is 65.8 Å². The molecule has 6 N–H and O–H groups in total. The maximum Gasteiger partial charge on any atom is 0.253 e. The number of nitrogens with one attached hydrogen (secondary N) is 1. The Morgan fingerprint density at radius 1 is 1.11 bits per heavy atom. The van der Waals surface area contributed by atoms with Crippen LogP contribution in [0.2, 0.25) is 5.02 Å². The Bertz CT molecular complexity index is 1490. The highest BCUT2D eigenvalue weighted by Crippen LogP contribution is 2.50. The van der Waals surface area contributed by atoms with Crippen molar-refractivity contribution in [2.45, 2.75) is 79.6 Å². The summed E-state index contributed by atoms with van der Waals surface area (Å²) in [6.07, 6.45) is 1.48. The van der Waals surface area contributed by atoms with Gasteiger partial charge in [-0.1, -0.05) is 29.8 Å². The molecule has 2 saturated carbocycles. The summed E-state index contributed by atoms with van der Waals surface area (Å²) in [5.74, 6) is 0.801. The number of amides is 1. The van der Waals surface area contributed by atoms with Gasteiger partial charge in [-0.25, -0.2) is 0 Å². The van der Waals surface area contributed by atoms with E-state index in [1.807, 2.05) is 42.7 Å². The lowest BCUT2D eigenvalue weighted by molar-refractivity contribution is -0.157. The molecule has 2 aliphatic rings. The lowest BCUT2D eigenvalue weighted by Crippen LogP contribution is -2.52. The van der Waals surface area contributed by atoms with Crippen LogP contribution in [0, 0.1) is 0 Å². The maximum atomic E-state index is 12.5. The van der Waals surface area contributed by atoms with Crippen LogP contribution in [0.1, 0.15) is 43.2 Å². The Morgan fingerprint density at radius 2 is 1.87 bits per heavy atom. The summed E-state index contributed by atoms with van der Waals surface area (Å²) in [6, 6.07) is 16.2. The van der Waals surface area contributed by atoms with Gasteiger partial charge in [-0.15, -0.1) is 11.8 Å². The second-order valence-electron chi connectivity index (χ2n) is 12.1. The monoisotopic (exact) mass is 671 g/mol. The Labute approximate surface area is 278 Å². The molecule has 4 unspecified atom stereocenters. The third kappa shape index (κ3) is 8.39. The molecular formula is C34H42ClN3O7S. The summed E-state index contributed by atoms with van der Waals surface area (Å²) in [4.78, 5) is 19.3. The van der Waals surface area contributed by atoms with E-state index in [0.29, 0.717) is 36.4 Å². The van der Waals surface area contributed by atoms with E-state index < -0.39 is 36.9 Å². The van der Waals surface area contributed by atoms with Crippen molar-refractivity contribution in [2.75, 3.05) is 26.0 Å². The minimum atomic E-state index is -1.93. The van der Waals surface area contributed by atoms with E-state index in [4.69, 9.17) is 21.4 Å². The highest BCUT2D eigenvalue weighted by atomic mass is 35.5. The molecule has 12 heteroatoms. The predicted molar refractivity (Wildman–Crippen MR) is 177 cm³/mol. The summed E-state index contributed by atoms with van der Waals surface area (Å²) >= 11 is 8.24. The number of rotatable bonds is 17. The topological polar surface area (TPSA) is 156 Å². The van der Waals surface area contributed by atoms with Gasteiger partial charge in [0.2, 0.25) is 0 Å². The van der Waals surface area contributed by atoms with Crippen molar-refractivity contribution in [3.63, 3.8) is 0 Å². The Hall–Kier alpha value is -2.74.